The van der Waals surface area contributed by atoms with E-state index in [9.17, 15) is 0 Å². The van der Waals surface area contributed by atoms with Gasteiger partial charge in [0.2, 0.25) is 4.77 Å². The smallest absolute Gasteiger partial charge is 0.216 e. The Bertz CT molecular complexity index is 932. The molecular weight excluding hydrogens is 412 g/mol. The molecule has 6 nitrogen and oxygen atoms in total. The normalized spacial score (nSPS) is 11.1. The first-order valence-electron chi connectivity index (χ1n) is 6.81. The van der Waals surface area contributed by atoms with E-state index in [2.05, 4.69) is 31.2 Å². The Morgan fingerprint density at radius 1 is 1.38 bits per heavy atom. The van der Waals surface area contributed by atoms with E-state index in [-0.39, 0.29) is 0 Å². The average Bonchev–Trinajstić information content (AvgIpc) is 3.21. The molecule has 1 N–H and O–H groups in total. The summed E-state index contributed by atoms with van der Waals surface area (Å²) < 4.78 is 13.6. The van der Waals surface area contributed by atoms with Crippen LogP contribution in [0.15, 0.2) is 39.2 Å². The number of methoxy groups -OCH3 is 2. The quantitative estimate of drug-likeness (QED) is 0.488. The van der Waals surface area contributed by atoms with E-state index >= 15 is 0 Å². The fourth-order valence-corrected chi connectivity index (χ4v) is 3.47. The molecule has 0 unspecified atom stereocenters. The standard InChI is InChI=1S/C15H13BrN4O2S2/c1-21-11-7-10(16)6-9(13(11)22-2)8-17-20-14(18-19-15(20)23)12-4-3-5-24-12/h3-8H,1-2H3,(H,19,23)/b17-8-. The maximum absolute atomic E-state index is 5.43. The van der Waals surface area contributed by atoms with E-state index < -0.39 is 0 Å². The molecule has 0 aliphatic rings. The van der Waals surface area contributed by atoms with Crippen LogP contribution in [0, 0.1) is 4.77 Å². The van der Waals surface area contributed by atoms with Gasteiger partial charge < -0.3 is 9.47 Å². The number of aromatic amines is 1. The van der Waals surface area contributed by atoms with E-state index in [1.807, 2.05) is 29.6 Å². The van der Waals surface area contributed by atoms with Crippen LogP contribution in [0.5, 0.6) is 11.5 Å². The van der Waals surface area contributed by atoms with Crippen molar-refractivity contribution in [2.75, 3.05) is 14.2 Å². The van der Waals surface area contributed by atoms with Crippen LogP contribution >= 0.6 is 39.5 Å². The van der Waals surface area contributed by atoms with Crippen LogP contribution in [0.4, 0.5) is 0 Å². The number of rotatable bonds is 5. The van der Waals surface area contributed by atoms with Gasteiger partial charge in [0.15, 0.2) is 17.3 Å². The maximum atomic E-state index is 5.43. The third-order valence-corrected chi connectivity index (χ3v) is 4.76. The van der Waals surface area contributed by atoms with Crippen molar-refractivity contribution in [1.82, 2.24) is 14.9 Å². The van der Waals surface area contributed by atoms with E-state index in [0.717, 1.165) is 14.9 Å². The predicted molar refractivity (Wildman–Crippen MR) is 101 cm³/mol. The van der Waals surface area contributed by atoms with Gasteiger partial charge in [-0.1, -0.05) is 22.0 Å². The fourth-order valence-electron chi connectivity index (χ4n) is 2.14. The van der Waals surface area contributed by atoms with Crippen LogP contribution in [0.1, 0.15) is 5.56 Å². The second-order valence-electron chi connectivity index (χ2n) is 4.62. The molecule has 1 aromatic carbocycles. The Morgan fingerprint density at radius 3 is 2.88 bits per heavy atom. The molecule has 0 aliphatic carbocycles. The Morgan fingerprint density at radius 2 is 2.21 bits per heavy atom. The summed E-state index contributed by atoms with van der Waals surface area (Å²) >= 11 is 10.3. The first-order chi connectivity index (χ1) is 11.6. The van der Waals surface area contributed by atoms with Crippen LogP contribution < -0.4 is 9.47 Å². The molecule has 0 spiro atoms. The van der Waals surface area contributed by atoms with Gasteiger partial charge in [-0.3, -0.25) is 0 Å². The second-order valence-corrected chi connectivity index (χ2v) is 6.87. The molecule has 2 aromatic heterocycles. The Balaban J connectivity index is 2.06. The predicted octanol–water partition coefficient (Wildman–Crippen LogP) is 4.33. The topological polar surface area (TPSA) is 64.4 Å². The summed E-state index contributed by atoms with van der Waals surface area (Å²) in [7, 11) is 3.18. The molecule has 0 saturated carbocycles. The lowest BCUT2D eigenvalue weighted by molar-refractivity contribution is 0.354. The third kappa shape index (κ3) is 3.28. The number of ether oxygens (including phenoxy) is 2. The van der Waals surface area contributed by atoms with Crippen molar-refractivity contribution < 1.29 is 9.47 Å². The van der Waals surface area contributed by atoms with Crippen molar-refractivity contribution in [3.63, 3.8) is 0 Å². The molecule has 0 radical (unpaired) electrons. The molecule has 9 heteroatoms. The lowest BCUT2D eigenvalue weighted by Gasteiger charge is -2.10. The summed E-state index contributed by atoms with van der Waals surface area (Å²) in [5.74, 6) is 1.87. The Hall–Kier alpha value is -1.97. The highest BCUT2D eigenvalue weighted by atomic mass is 79.9. The number of H-pyrrole nitrogens is 1. The Kier molecular flexibility index (Phi) is 5.12. The number of hydrogen-bond donors (Lipinski definition) is 1. The molecular formula is C15H13BrN4O2S2. The minimum atomic E-state index is 0.413. The zero-order valence-electron chi connectivity index (χ0n) is 12.8. The number of halogens is 1. The van der Waals surface area contributed by atoms with E-state index in [1.165, 1.54) is 0 Å². The van der Waals surface area contributed by atoms with Gasteiger partial charge in [-0.05, 0) is 35.8 Å². The molecule has 24 heavy (non-hydrogen) atoms. The largest absolute Gasteiger partial charge is 0.493 e. The number of hydrogen-bond acceptors (Lipinski definition) is 6. The van der Waals surface area contributed by atoms with Gasteiger partial charge in [-0.2, -0.15) is 14.9 Å². The van der Waals surface area contributed by atoms with E-state index in [4.69, 9.17) is 21.7 Å². The van der Waals surface area contributed by atoms with Crippen molar-refractivity contribution >= 4 is 45.7 Å². The van der Waals surface area contributed by atoms with E-state index in [0.29, 0.717) is 22.1 Å². The lowest BCUT2D eigenvalue weighted by Crippen LogP contribution is -1.98. The molecule has 124 valence electrons. The summed E-state index contributed by atoms with van der Waals surface area (Å²) in [6, 6.07) is 7.63. The number of nitrogens with one attached hydrogen (secondary N) is 1. The van der Waals surface area contributed by atoms with Crippen molar-refractivity contribution in [3.8, 4) is 22.2 Å². The molecule has 2 heterocycles. The maximum Gasteiger partial charge on any atom is 0.216 e. The molecule has 0 bridgehead atoms. The van der Waals surface area contributed by atoms with Crippen LogP contribution in [-0.4, -0.2) is 35.3 Å². The van der Waals surface area contributed by atoms with Crippen LogP contribution in [0.3, 0.4) is 0 Å². The van der Waals surface area contributed by atoms with Crippen molar-refractivity contribution in [3.05, 3.63) is 44.5 Å². The van der Waals surface area contributed by atoms with E-state index in [1.54, 1.807) is 36.4 Å². The lowest BCUT2D eigenvalue weighted by atomic mass is 10.2. The molecule has 0 atom stereocenters. The highest BCUT2D eigenvalue weighted by Gasteiger charge is 2.12. The van der Waals surface area contributed by atoms with Crippen LogP contribution in [-0.2, 0) is 0 Å². The zero-order valence-corrected chi connectivity index (χ0v) is 16.0. The SMILES string of the molecule is COc1cc(Br)cc(/C=N\n2c(-c3cccs3)n[nH]c2=S)c1OC. The molecule has 3 rings (SSSR count). The molecule has 0 fully saturated rings. The van der Waals surface area contributed by atoms with Gasteiger partial charge >= 0.3 is 0 Å². The van der Waals surface area contributed by atoms with Gasteiger partial charge in [-0.25, -0.2) is 5.10 Å². The monoisotopic (exact) mass is 424 g/mol. The van der Waals surface area contributed by atoms with Crippen molar-refractivity contribution in [2.45, 2.75) is 0 Å². The fraction of sp³-hybridized carbons (Fsp3) is 0.133. The second kappa shape index (κ2) is 7.29. The van der Waals surface area contributed by atoms with Crippen molar-refractivity contribution in [2.24, 2.45) is 5.10 Å². The van der Waals surface area contributed by atoms with Gasteiger partial charge in [0, 0.05) is 10.0 Å². The minimum Gasteiger partial charge on any atom is -0.493 e. The minimum absolute atomic E-state index is 0.413. The highest BCUT2D eigenvalue weighted by Crippen LogP contribution is 2.33. The highest BCUT2D eigenvalue weighted by molar-refractivity contribution is 9.10. The van der Waals surface area contributed by atoms with Gasteiger partial charge in [0.25, 0.3) is 0 Å². The van der Waals surface area contributed by atoms with Gasteiger partial charge in [-0.15, -0.1) is 11.3 Å². The summed E-state index contributed by atoms with van der Waals surface area (Å²) in [6.07, 6.45) is 1.66. The number of benzene rings is 1. The van der Waals surface area contributed by atoms with Gasteiger partial charge in [0.1, 0.15) is 0 Å². The third-order valence-electron chi connectivity index (χ3n) is 3.18. The molecule has 0 aliphatic heterocycles. The average molecular weight is 425 g/mol. The Labute approximate surface area is 155 Å². The number of aromatic nitrogens is 3. The number of thiophene rings is 1. The van der Waals surface area contributed by atoms with Crippen molar-refractivity contribution in [1.29, 1.82) is 0 Å². The number of nitrogens with zero attached hydrogens (tertiary/aromatic N) is 3. The molecule has 0 amide bonds. The summed E-state index contributed by atoms with van der Waals surface area (Å²) in [6.45, 7) is 0. The van der Waals surface area contributed by atoms with Gasteiger partial charge in [0.05, 0.1) is 25.3 Å². The first-order valence-corrected chi connectivity index (χ1v) is 8.89. The molecule has 3 aromatic rings. The zero-order chi connectivity index (χ0) is 17.1. The summed E-state index contributed by atoms with van der Waals surface area (Å²) in [5.41, 5.74) is 0.754. The summed E-state index contributed by atoms with van der Waals surface area (Å²) in [5, 5.41) is 13.4. The molecule has 0 saturated heterocycles. The first kappa shape index (κ1) is 16.9. The summed E-state index contributed by atoms with van der Waals surface area (Å²) in [4.78, 5) is 0.971. The van der Waals surface area contributed by atoms with Crippen LogP contribution in [0.2, 0.25) is 0 Å². The van der Waals surface area contributed by atoms with Crippen LogP contribution in [0.25, 0.3) is 10.7 Å².